The Morgan fingerprint density at radius 2 is 2.03 bits per heavy atom. The number of amides is 1. The summed E-state index contributed by atoms with van der Waals surface area (Å²) in [7, 11) is 0. The van der Waals surface area contributed by atoms with Gasteiger partial charge < -0.3 is 9.47 Å². The minimum Gasteiger partial charge on any atom is -0.490 e. The Bertz CT molecular complexity index is 1030. The van der Waals surface area contributed by atoms with Crippen LogP contribution in [0.3, 0.4) is 0 Å². The Kier molecular flexibility index (Phi) is 6.96. The predicted octanol–water partition coefficient (Wildman–Crippen LogP) is 6.25. The third-order valence-corrected chi connectivity index (χ3v) is 7.26. The molecule has 0 unspecified atom stereocenters. The molecule has 2 fully saturated rings. The number of carbonyl (C=O) groups excluding carboxylic acids is 1. The zero-order chi connectivity index (χ0) is 22.7. The number of carbonyl (C=O) groups is 1. The summed E-state index contributed by atoms with van der Waals surface area (Å²) >= 11 is 12.2. The monoisotopic (exact) mass is 474 g/mol. The van der Waals surface area contributed by atoms with Gasteiger partial charge in [-0.25, -0.2) is 5.43 Å². The summed E-state index contributed by atoms with van der Waals surface area (Å²) in [4.78, 5) is 12.6. The average molecular weight is 475 g/mol. The lowest BCUT2D eigenvalue weighted by Gasteiger charge is -2.15. The molecule has 2 aliphatic carbocycles. The normalized spacial score (nSPS) is 24.1. The van der Waals surface area contributed by atoms with Crippen LogP contribution >= 0.6 is 23.2 Å². The maximum Gasteiger partial charge on any atom is 0.244 e. The SMILES string of the molecule is CCOc1cc(/C=N\NC(=O)[C@@H]2[C@@H]3CCCC[C@]23C)ccc1OCc1ccc(Cl)cc1Cl. The van der Waals surface area contributed by atoms with Gasteiger partial charge in [0, 0.05) is 21.5 Å². The van der Waals surface area contributed by atoms with Gasteiger partial charge in [-0.15, -0.1) is 0 Å². The molecule has 7 heteroatoms. The van der Waals surface area contributed by atoms with E-state index in [2.05, 4.69) is 17.5 Å². The molecule has 3 atom stereocenters. The van der Waals surface area contributed by atoms with Crippen LogP contribution in [0.15, 0.2) is 41.5 Å². The van der Waals surface area contributed by atoms with Crippen molar-refractivity contribution in [3.63, 3.8) is 0 Å². The van der Waals surface area contributed by atoms with Crippen molar-refractivity contribution in [3.8, 4) is 11.5 Å². The fourth-order valence-corrected chi connectivity index (χ4v) is 5.34. The van der Waals surface area contributed by atoms with Gasteiger partial charge in [-0.3, -0.25) is 4.79 Å². The second-order valence-electron chi connectivity index (χ2n) is 8.73. The fourth-order valence-electron chi connectivity index (χ4n) is 4.88. The van der Waals surface area contributed by atoms with E-state index >= 15 is 0 Å². The van der Waals surface area contributed by atoms with Crippen molar-refractivity contribution >= 4 is 35.3 Å². The molecule has 0 heterocycles. The summed E-state index contributed by atoms with van der Waals surface area (Å²) in [5, 5.41) is 5.32. The van der Waals surface area contributed by atoms with E-state index in [1.807, 2.05) is 31.2 Å². The number of ether oxygens (including phenoxy) is 2. The summed E-state index contributed by atoms with van der Waals surface area (Å²) < 4.78 is 11.7. The molecule has 2 aromatic rings. The van der Waals surface area contributed by atoms with Crippen molar-refractivity contribution < 1.29 is 14.3 Å². The molecule has 0 bridgehead atoms. The number of benzene rings is 2. The van der Waals surface area contributed by atoms with Crippen molar-refractivity contribution in [1.29, 1.82) is 0 Å². The van der Waals surface area contributed by atoms with E-state index in [1.165, 1.54) is 12.8 Å². The molecular weight excluding hydrogens is 447 g/mol. The highest BCUT2D eigenvalue weighted by molar-refractivity contribution is 6.35. The van der Waals surface area contributed by atoms with Crippen molar-refractivity contribution in [3.05, 3.63) is 57.6 Å². The van der Waals surface area contributed by atoms with Gasteiger partial charge in [0.15, 0.2) is 11.5 Å². The maximum atomic E-state index is 12.6. The standard InChI is InChI=1S/C25H28Cl2N2O3/c1-3-31-22-12-16(7-10-21(22)32-15-17-8-9-18(26)13-20(17)27)14-28-29-24(30)23-19-6-4-5-11-25(19,23)2/h7-10,12-14,19,23H,3-6,11,15H2,1-2H3,(H,29,30)/b28-14-/t19-,23-,25-/m0/s1. The van der Waals surface area contributed by atoms with Gasteiger partial charge in [-0.1, -0.05) is 49.0 Å². The summed E-state index contributed by atoms with van der Waals surface area (Å²) in [6.07, 6.45) is 6.37. The topological polar surface area (TPSA) is 59.9 Å². The van der Waals surface area contributed by atoms with E-state index in [4.69, 9.17) is 32.7 Å². The quantitative estimate of drug-likeness (QED) is 0.363. The molecular formula is C25H28Cl2N2O3. The van der Waals surface area contributed by atoms with Gasteiger partial charge in [0.1, 0.15) is 6.61 Å². The van der Waals surface area contributed by atoms with Gasteiger partial charge in [0.25, 0.3) is 0 Å². The van der Waals surface area contributed by atoms with Crippen LogP contribution in [0.2, 0.25) is 10.0 Å². The molecule has 2 aliphatic rings. The van der Waals surface area contributed by atoms with Crippen LogP contribution in [0.25, 0.3) is 0 Å². The van der Waals surface area contributed by atoms with Crippen molar-refractivity contribution in [2.45, 2.75) is 46.1 Å². The molecule has 1 amide bonds. The van der Waals surface area contributed by atoms with Crippen molar-refractivity contribution in [2.75, 3.05) is 6.61 Å². The van der Waals surface area contributed by atoms with Crippen LogP contribution in [-0.2, 0) is 11.4 Å². The van der Waals surface area contributed by atoms with E-state index in [1.54, 1.807) is 18.3 Å². The van der Waals surface area contributed by atoms with E-state index in [9.17, 15) is 4.79 Å². The average Bonchev–Trinajstić information content (AvgIpc) is 3.40. The first-order chi connectivity index (χ1) is 15.4. The smallest absolute Gasteiger partial charge is 0.244 e. The first-order valence-electron chi connectivity index (χ1n) is 11.1. The van der Waals surface area contributed by atoms with Gasteiger partial charge in [-0.05, 0) is 67.0 Å². The Hall–Kier alpha value is -2.24. The van der Waals surface area contributed by atoms with Gasteiger partial charge in [-0.2, -0.15) is 5.10 Å². The summed E-state index contributed by atoms with van der Waals surface area (Å²) in [6.45, 7) is 4.93. The first kappa shape index (κ1) is 22.9. The minimum absolute atomic E-state index is 0.0282. The number of fused-ring (bicyclic) bond motifs is 1. The highest BCUT2D eigenvalue weighted by Crippen LogP contribution is 2.66. The second kappa shape index (κ2) is 9.72. The number of nitrogens with zero attached hydrogens (tertiary/aromatic N) is 1. The largest absolute Gasteiger partial charge is 0.490 e. The lowest BCUT2D eigenvalue weighted by molar-refractivity contribution is -0.123. The predicted molar refractivity (Wildman–Crippen MR) is 128 cm³/mol. The van der Waals surface area contributed by atoms with E-state index in [0.717, 1.165) is 24.0 Å². The van der Waals surface area contributed by atoms with Crippen LogP contribution < -0.4 is 14.9 Å². The molecule has 0 spiro atoms. The highest BCUT2D eigenvalue weighted by atomic mass is 35.5. The van der Waals surface area contributed by atoms with Gasteiger partial charge in [0.05, 0.1) is 12.8 Å². The number of hydrogen-bond donors (Lipinski definition) is 1. The van der Waals surface area contributed by atoms with E-state index < -0.39 is 0 Å². The molecule has 0 aliphatic heterocycles. The molecule has 2 saturated carbocycles. The number of hydrogen-bond acceptors (Lipinski definition) is 4. The van der Waals surface area contributed by atoms with Crippen LogP contribution in [-0.4, -0.2) is 18.7 Å². The molecule has 5 nitrogen and oxygen atoms in total. The van der Waals surface area contributed by atoms with Gasteiger partial charge >= 0.3 is 0 Å². The maximum absolute atomic E-state index is 12.6. The Balaban J connectivity index is 1.38. The van der Waals surface area contributed by atoms with Crippen LogP contribution in [0.5, 0.6) is 11.5 Å². The third-order valence-electron chi connectivity index (χ3n) is 6.67. The second-order valence-corrected chi connectivity index (χ2v) is 9.58. The third kappa shape index (κ3) is 4.89. The Labute approximate surface area is 199 Å². The van der Waals surface area contributed by atoms with Crippen molar-refractivity contribution in [2.24, 2.45) is 22.4 Å². The summed E-state index contributed by atoms with van der Waals surface area (Å²) in [5.74, 6) is 1.85. The molecule has 32 heavy (non-hydrogen) atoms. The molecule has 170 valence electrons. The van der Waals surface area contributed by atoms with Gasteiger partial charge in [0.2, 0.25) is 5.91 Å². The van der Waals surface area contributed by atoms with Crippen LogP contribution in [0.1, 0.15) is 50.7 Å². The summed E-state index contributed by atoms with van der Waals surface area (Å²) in [5.41, 5.74) is 4.55. The Morgan fingerprint density at radius 3 is 2.75 bits per heavy atom. The number of halogens is 2. The zero-order valence-corrected chi connectivity index (χ0v) is 19.9. The van der Waals surface area contributed by atoms with E-state index in [-0.39, 0.29) is 17.2 Å². The van der Waals surface area contributed by atoms with E-state index in [0.29, 0.717) is 40.7 Å². The fraction of sp³-hybridized carbons (Fsp3) is 0.440. The summed E-state index contributed by atoms with van der Waals surface area (Å²) in [6, 6.07) is 10.8. The highest BCUT2D eigenvalue weighted by Gasteiger charge is 2.64. The first-order valence-corrected chi connectivity index (χ1v) is 11.8. The van der Waals surface area contributed by atoms with Crippen molar-refractivity contribution in [1.82, 2.24) is 5.43 Å². The number of hydrazone groups is 1. The lowest BCUT2D eigenvalue weighted by Crippen LogP contribution is -2.22. The lowest BCUT2D eigenvalue weighted by atomic mass is 9.90. The van der Waals surface area contributed by atoms with Crippen LogP contribution in [0.4, 0.5) is 0 Å². The molecule has 2 aromatic carbocycles. The molecule has 0 saturated heterocycles. The number of nitrogens with one attached hydrogen (secondary N) is 1. The molecule has 0 radical (unpaired) electrons. The minimum atomic E-state index is 0.0282. The number of rotatable bonds is 8. The molecule has 1 N–H and O–H groups in total. The molecule has 0 aromatic heterocycles. The van der Waals surface area contributed by atoms with Crippen LogP contribution in [0, 0.1) is 17.3 Å². The zero-order valence-electron chi connectivity index (χ0n) is 18.4. The Morgan fingerprint density at radius 1 is 1.19 bits per heavy atom. The molecule has 4 rings (SSSR count).